The van der Waals surface area contributed by atoms with Gasteiger partial charge in [0.15, 0.2) is 0 Å². The Morgan fingerprint density at radius 3 is 2.68 bits per heavy atom. The summed E-state index contributed by atoms with van der Waals surface area (Å²) < 4.78 is 44.4. The van der Waals surface area contributed by atoms with Gasteiger partial charge in [0.25, 0.3) is 5.91 Å². The van der Waals surface area contributed by atoms with Crippen LogP contribution >= 0.6 is 0 Å². The van der Waals surface area contributed by atoms with Gasteiger partial charge in [0, 0.05) is 17.8 Å². The first kappa shape index (κ1) is 18.2. The van der Waals surface area contributed by atoms with Crippen molar-refractivity contribution in [3.05, 3.63) is 60.0 Å². The second-order valence-corrected chi connectivity index (χ2v) is 8.26. The number of aromatic nitrogens is 2. The van der Waals surface area contributed by atoms with Crippen LogP contribution in [0, 0.1) is 5.82 Å². The maximum absolute atomic E-state index is 13.1. The van der Waals surface area contributed by atoms with Crippen LogP contribution < -0.4 is 10.1 Å². The number of anilines is 1. The summed E-state index contributed by atoms with van der Waals surface area (Å²) in [5.41, 5.74) is 1.32. The van der Waals surface area contributed by atoms with Crippen molar-refractivity contribution in [3.8, 4) is 17.0 Å². The van der Waals surface area contributed by atoms with Crippen molar-refractivity contribution in [2.24, 2.45) is 0 Å². The Morgan fingerprint density at radius 1 is 1.21 bits per heavy atom. The zero-order chi connectivity index (χ0) is 19.9. The van der Waals surface area contributed by atoms with E-state index in [1.807, 2.05) is 0 Å². The minimum absolute atomic E-state index is 0.107. The Balaban J connectivity index is 1.83. The fraction of sp³-hybridized carbons (Fsp3) is 0.158. The van der Waals surface area contributed by atoms with Crippen molar-refractivity contribution in [1.29, 1.82) is 0 Å². The van der Waals surface area contributed by atoms with Gasteiger partial charge in [0.1, 0.15) is 23.0 Å². The number of carbonyl (C=O) groups excluding carboxylic acids is 1. The lowest BCUT2D eigenvalue weighted by Gasteiger charge is -2.09. The second-order valence-electron chi connectivity index (χ2n) is 6.26. The highest BCUT2D eigenvalue weighted by atomic mass is 32.2. The SMILES string of the molecule is COc1cccc(-c2nc3n(c2C(=O)Nc2ccc(F)cc2)CCS3(=O)=O)c1. The predicted octanol–water partition coefficient (Wildman–Crippen LogP) is 2.74. The Bertz CT molecular complexity index is 1170. The van der Waals surface area contributed by atoms with Crippen LogP contribution in [-0.2, 0) is 16.4 Å². The smallest absolute Gasteiger partial charge is 0.274 e. The molecule has 7 nitrogen and oxygen atoms in total. The van der Waals surface area contributed by atoms with E-state index in [2.05, 4.69) is 10.3 Å². The molecule has 0 bridgehead atoms. The summed E-state index contributed by atoms with van der Waals surface area (Å²) in [5.74, 6) is -0.505. The van der Waals surface area contributed by atoms with Crippen molar-refractivity contribution in [2.75, 3.05) is 18.2 Å². The van der Waals surface area contributed by atoms with Gasteiger partial charge in [-0.15, -0.1) is 0 Å². The summed E-state index contributed by atoms with van der Waals surface area (Å²) in [4.78, 5) is 17.3. The third-order valence-corrected chi connectivity index (χ3v) is 6.04. The minimum atomic E-state index is -3.55. The molecule has 1 amide bonds. The molecule has 9 heteroatoms. The zero-order valence-corrected chi connectivity index (χ0v) is 15.7. The van der Waals surface area contributed by atoms with Crippen LogP contribution in [0.25, 0.3) is 11.3 Å². The number of nitrogens with zero attached hydrogens (tertiary/aromatic N) is 2. The molecule has 28 heavy (non-hydrogen) atoms. The number of carbonyl (C=O) groups is 1. The number of sulfone groups is 1. The molecule has 0 fully saturated rings. The molecular weight excluding hydrogens is 385 g/mol. The lowest BCUT2D eigenvalue weighted by atomic mass is 10.1. The number of imidazole rings is 1. The van der Waals surface area contributed by atoms with Crippen molar-refractivity contribution < 1.29 is 22.3 Å². The van der Waals surface area contributed by atoms with E-state index in [1.54, 1.807) is 24.3 Å². The van der Waals surface area contributed by atoms with E-state index in [0.29, 0.717) is 17.0 Å². The maximum atomic E-state index is 13.1. The molecule has 0 aliphatic carbocycles. The molecule has 2 aromatic carbocycles. The standard InChI is InChI=1S/C19H16FN3O4S/c1-27-15-4-2-3-12(11-15)16-17(23-9-10-28(25,26)19(23)22-16)18(24)21-14-7-5-13(20)6-8-14/h2-8,11H,9-10H2,1H3,(H,21,24). The number of hydrogen-bond acceptors (Lipinski definition) is 5. The van der Waals surface area contributed by atoms with Crippen LogP contribution in [0.3, 0.4) is 0 Å². The van der Waals surface area contributed by atoms with E-state index in [9.17, 15) is 17.6 Å². The highest BCUT2D eigenvalue weighted by Gasteiger charge is 2.35. The molecule has 144 valence electrons. The molecule has 4 rings (SSSR count). The molecule has 0 spiro atoms. The highest BCUT2D eigenvalue weighted by molar-refractivity contribution is 7.91. The molecule has 0 saturated heterocycles. The summed E-state index contributed by atoms with van der Waals surface area (Å²) in [6, 6.07) is 12.2. The number of hydrogen-bond donors (Lipinski definition) is 1. The fourth-order valence-corrected chi connectivity index (χ4v) is 4.46. The van der Waals surface area contributed by atoms with Crippen LogP contribution in [0.1, 0.15) is 10.5 Å². The van der Waals surface area contributed by atoms with Crippen LogP contribution in [-0.4, -0.2) is 36.7 Å². The van der Waals surface area contributed by atoms with Crippen molar-refractivity contribution in [3.63, 3.8) is 0 Å². The van der Waals surface area contributed by atoms with Gasteiger partial charge >= 0.3 is 0 Å². The Morgan fingerprint density at radius 2 is 1.96 bits per heavy atom. The Labute approximate surface area is 160 Å². The van der Waals surface area contributed by atoms with Gasteiger partial charge in [-0.2, -0.15) is 0 Å². The first-order chi connectivity index (χ1) is 13.4. The van der Waals surface area contributed by atoms with Gasteiger partial charge in [-0.1, -0.05) is 12.1 Å². The average Bonchev–Trinajstić information content (AvgIpc) is 3.21. The van der Waals surface area contributed by atoms with E-state index in [0.717, 1.165) is 0 Å². The summed E-state index contributed by atoms with van der Waals surface area (Å²) in [6.45, 7) is 0.140. The van der Waals surface area contributed by atoms with Crippen molar-refractivity contribution in [1.82, 2.24) is 9.55 Å². The van der Waals surface area contributed by atoms with Crippen molar-refractivity contribution >= 4 is 21.4 Å². The van der Waals surface area contributed by atoms with Gasteiger partial charge in [0.05, 0.1) is 12.9 Å². The number of nitrogens with one attached hydrogen (secondary N) is 1. The van der Waals surface area contributed by atoms with Crippen LogP contribution in [0.5, 0.6) is 5.75 Å². The molecule has 1 N–H and O–H groups in total. The molecule has 2 heterocycles. The van der Waals surface area contributed by atoms with Crippen LogP contribution in [0.2, 0.25) is 0 Å². The minimum Gasteiger partial charge on any atom is -0.497 e. The Hall–Kier alpha value is -3.20. The normalized spacial score (nSPS) is 14.5. The number of amides is 1. The number of rotatable bonds is 4. The molecular formula is C19H16FN3O4S. The first-order valence-corrected chi connectivity index (χ1v) is 10.1. The first-order valence-electron chi connectivity index (χ1n) is 8.44. The number of benzene rings is 2. The molecule has 1 aromatic heterocycles. The Kier molecular flexibility index (Phi) is 4.38. The molecule has 0 atom stereocenters. The number of ether oxygens (including phenoxy) is 1. The molecule has 0 unspecified atom stereocenters. The lowest BCUT2D eigenvalue weighted by Crippen LogP contribution is -2.17. The third-order valence-electron chi connectivity index (χ3n) is 4.45. The van der Waals surface area contributed by atoms with E-state index < -0.39 is 21.6 Å². The molecule has 0 radical (unpaired) electrons. The topological polar surface area (TPSA) is 90.3 Å². The molecule has 3 aromatic rings. The third kappa shape index (κ3) is 3.13. The summed E-state index contributed by atoms with van der Waals surface area (Å²) in [7, 11) is -2.04. The molecule has 1 aliphatic heterocycles. The van der Waals surface area contributed by atoms with Gasteiger partial charge < -0.3 is 14.6 Å². The van der Waals surface area contributed by atoms with E-state index >= 15 is 0 Å². The number of fused-ring (bicyclic) bond motifs is 1. The summed E-state index contributed by atoms with van der Waals surface area (Å²) in [6.07, 6.45) is 0. The lowest BCUT2D eigenvalue weighted by molar-refractivity contribution is 0.101. The van der Waals surface area contributed by atoms with Crippen LogP contribution in [0.4, 0.5) is 10.1 Å². The van der Waals surface area contributed by atoms with Gasteiger partial charge in [-0.05, 0) is 36.4 Å². The summed E-state index contributed by atoms with van der Waals surface area (Å²) in [5, 5.41) is 2.54. The van der Waals surface area contributed by atoms with E-state index in [-0.39, 0.29) is 28.8 Å². The monoisotopic (exact) mass is 401 g/mol. The van der Waals surface area contributed by atoms with Gasteiger partial charge in [0.2, 0.25) is 15.0 Å². The van der Waals surface area contributed by atoms with Crippen LogP contribution in [0.15, 0.2) is 53.7 Å². The van der Waals surface area contributed by atoms with Crippen molar-refractivity contribution in [2.45, 2.75) is 11.7 Å². The van der Waals surface area contributed by atoms with E-state index in [4.69, 9.17) is 4.74 Å². The average molecular weight is 401 g/mol. The summed E-state index contributed by atoms with van der Waals surface area (Å²) >= 11 is 0. The number of halogens is 1. The zero-order valence-electron chi connectivity index (χ0n) is 14.8. The van der Waals surface area contributed by atoms with Gasteiger partial charge in [-0.3, -0.25) is 4.79 Å². The maximum Gasteiger partial charge on any atom is 0.274 e. The molecule has 0 saturated carbocycles. The van der Waals surface area contributed by atoms with Gasteiger partial charge in [-0.25, -0.2) is 17.8 Å². The molecule has 1 aliphatic rings. The second kappa shape index (κ2) is 6.75. The van der Waals surface area contributed by atoms with E-state index in [1.165, 1.54) is 35.9 Å². The quantitative estimate of drug-likeness (QED) is 0.726. The largest absolute Gasteiger partial charge is 0.497 e. The fourth-order valence-electron chi connectivity index (χ4n) is 3.11. The predicted molar refractivity (Wildman–Crippen MR) is 101 cm³/mol. The highest BCUT2D eigenvalue weighted by Crippen LogP contribution is 2.32. The number of methoxy groups -OCH3 is 1.